The summed E-state index contributed by atoms with van der Waals surface area (Å²) in [5.74, 6) is -2.68. The van der Waals surface area contributed by atoms with Crippen LogP contribution in [-0.4, -0.2) is 46.4 Å². The SMILES string of the molecule is CN(CC(F)(F)F)C(=O)Nc1c(C2CCC2)c(C2CC(F)(F)C2)nn1C. The van der Waals surface area contributed by atoms with Crippen LogP contribution >= 0.6 is 0 Å². The zero-order chi connectivity index (χ0) is 19.3. The topological polar surface area (TPSA) is 50.2 Å². The van der Waals surface area contributed by atoms with Crippen molar-refractivity contribution >= 4 is 11.8 Å². The summed E-state index contributed by atoms with van der Waals surface area (Å²) in [7, 11) is 2.61. The highest BCUT2D eigenvalue weighted by atomic mass is 19.4. The second-order valence-corrected chi connectivity index (χ2v) is 7.26. The van der Waals surface area contributed by atoms with Gasteiger partial charge in [-0.15, -0.1) is 0 Å². The van der Waals surface area contributed by atoms with Gasteiger partial charge in [0, 0.05) is 38.4 Å². The summed E-state index contributed by atoms with van der Waals surface area (Å²) in [6, 6.07) is -0.906. The Bertz CT molecular complexity index is 688. The molecule has 1 aromatic rings. The predicted octanol–water partition coefficient (Wildman–Crippen LogP) is 4.23. The lowest BCUT2D eigenvalue weighted by Crippen LogP contribution is -2.39. The number of hydrogen-bond donors (Lipinski definition) is 1. The predicted molar refractivity (Wildman–Crippen MR) is 84.4 cm³/mol. The van der Waals surface area contributed by atoms with Crippen LogP contribution in [0.2, 0.25) is 0 Å². The van der Waals surface area contributed by atoms with Crippen LogP contribution in [0.4, 0.5) is 32.6 Å². The molecule has 0 unspecified atom stereocenters. The zero-order valence-electron chi connectivity index (χ0n) is 14.5. The third-order valence-corrected chi connectivity index (χ3v) is 5.09. The van der Waals surface area contributed by atoms with Crippen molar-refractivity contribution in [2.45, 2.75) is 56.0 Å². The van der Waals surface area contributed by atoms with Gasteiger partial charge in [0.2, 0.25) is 5.92 Å². The van der Waals surface area contributed by atoms with E-state index in [1.807, 2.05) is 0 Å². The van der Waals surface area contributed by atoms with Crippen LogP contribution < -0.4 is 5.32 Å². The lowest BCUT2D eigenvalue weighted by Gasteiger charge is -2.36. The third kappa shape index (κ3) is 3.78. The maximum atomic E-state index is 13.3. The number of aromatic nitrogens is 2. The molecule has 1 aromatic heterocycles. The maximum Gasteiger partial charge on any atom is 0.406 e. The van der Waals surface area contributed by atoms with Gasteiger partial charge < -0.3 is 4.90 Å². The van der Waals surface area contributed by atoms with E-state index in [4.69, 9.17) is 0 Å². The summed E-state index contributed by atoms with van der Waals surface area (Å²) in [5, 5.41) is 6.81. The molecule has 2 amide bonds. The van der Waals surface area contributed by atoms with Crippen LogP contribution in [0, 0.1) is 0 Å². The highest BCUT2D eigenvalue weighted by Crippen LogP contribution is 2.52. The molecule has 26 heavy (non-hydrogen) atoms. The number of carbonyl (C=O) groups excluding carboxylic acids is 1. The number of aryl methyl sites for hydroxylation is 1. The number of nitrogens with zero attached hydrogens (tertiary/aromatic N) is 3. The minimum Gasteiger partial charge on any atom is -0.318 e. The van der Waals surface area contributed by atoms with Crippen LogP contribution in [0.15, 0.2) is 0 Å². The number of amides is 2. The molecule has 0 bridgehead atoms. The summed E-state index contributed by atoms with van der Waals surface area (Å²) in [6.45, 7) is -1.38. The molecule has 0 radical (unpaired) electrons. The minimum atomic E-state index is -4.50. The molecular formula is C16H21F5N4O. The van der Waals surface area contributed by atoms with Crippen LogP contribution in [0.3, 0.4) is 0 Å². The van der Waals surface area contributed by atoms with E-state index in [2.05, 4.69) is 10.4 Å². The number of alkyl halides is 5. The Labute approximate surface area is 147 Å². The molecule has 2 aliphatic rings. The summed E-state index contributed by atoms with van der Waals surface area (Å²) in [4.78, 5) is 12.7. The molecule has 0 aliphatic heterocycles. The summed E-state index contributed by atoms with van der Waals surface area (Å²) in [5.41, 5.74) is 1.24. The quantitative estimate of drug-likeness (QED) is 0.795. The number of halogens is 5. The van der Waals surface area contributed by atoms with Crippen molar-refractivity contribution in [1.82, 2.24) is 14.7 Å². The Balaban J connectivity index is 1.82. The molecule has 146 valence electrons. The number of carbonyl (C=O) groups is 1. The average Bonchev–Trinajstić information content (AvgIpc) is 2.70. The molecule has 3 rings (SSSR count). The molecule has 0 spiro atoms. The van der Waals surface area contributed by atoms with Crippen LogP contribution in [-0.2, 0) is 7.05 Å². The number of anilines is 1. The Morgan fingerprint density at radius 2 is 1.92 bits per heavy atom. The summed E-state index contributed by atoms with van der Waals surface area (Å²) >= 11 is 0. The van der Waals surface area contributed by atoms with Gasteiger partial charge in [-0.25, -0.2) is 13.6 Å². The van der Waals surface area contributed by atoms with Gasteiger partial charge in [0.1, 0.15) is 12.4 Å². The molecule has 10 heteroatoms. The van der Waals surface area contributed by atoms with Crippen molar-refractivity contribution < 1.29 is 26.7 Å². The van der Waals surface area contributed by atoms with E-state index in [9.17, 15) is 26.7 Å². The minimum absolute atomic E-state index is 0.0937. The van der Waals surface area contributed by atoms with Gasteiger partial charge in [0.15, 0.2) is 0 Å². The van der Waals surface area contributed by atoms with E-state index in [1.54, 1.807) is 7.05 Å². The second-order valence-electron chi connectivity index (χ2n) is 7.26. The molecule has 5 nitrogen and oxygen atoms in total. The average molecular weight is 380 g/mol. The number of urea groups is 1. The fourth-order valence-electron chi connectivity index (χ4n) is 3.50. The normalized spacial score (nSPS) is 20.4. The van der Waals surface area contributed by atoms with Gasteiger partial charge in [-0.3, -0.25) is 10.00 Å². The smallest absolute Gasteiger partial charge is 0.318 e. The molecule has 0 aromatic carbocycles. The van der Waals surface area contributed by atoms with Gasteiger partial charge in [-0.05, 0) is 18.8 Å². The lowest BCUT2D eigenvalue weighted by atomic mass is 9.73. The largest absolute Gasteiger partial charge is 0.406 e. The summed E-state index contributed by atoms with van der Waals surface area (Å²) < 4.78 is 65.4. The second kappa shape index (κ2) is 6.38. The molecular weight excluding hydrogens is 359 g/mol. The van der Waals surface area contributed by atoms with E-state index >= 15 is 0 Å². The van der Waals surface area contributed by atoms with Crippen molar-refractivity contribution in [3.63, 3.8) is 0 Å². The lowest BCUT2D eigenvalue weighted by molar-refractivity contribution is -0.137. The number of hydrogen-bond acceptors (Lipinski definition) is 2. The first-order chi connectivity index (χ1) is 12.0. The van der Waals surface area contributed by atoms with E-state index < -0.39 is 24.7 Å². The molecule has 2 saturated carbocycles. The highest BCUT2D eigenvalue weighted by molar-refractivity contribution is 5.89. The first kappa shape index (κ1) is 18.9. The monoisotopic (exact) mass is 380 g/mol. The molecule has 0 atom stereocenters. The molecule has 2 aliphatic carbocycles. The van der Waals surface area contributed by atoms with E-state index in [0.29, 0.717) is 22.0 Å². The van der Waals surface area contributed by atoms with Crippen LogP contribution in [0.1, 0.15) is 55.2 Å². The van der Waals surface area contributed by atoms with Crippen molar-refractivity contribution in [2.24, 2.45) is 7.05 Å². The first-order valence-electron chi connectivity index (χ1n) is 8.50. The number of nitrogens with one attached hydrogen (secondary N) is 1. The Hall–Kier alpha value is -1.87. The fraction of sp³-hybridized carbons (Fsp3) is 0.750. The van der Waals surface area contributed by atoms with Crippen LogP contribution in [0.25, 0.3) is 0 Å². The van der Waals surface area contributed by atoms with Gasteiger partial charge in [-0.2, -0.15) is 18.3 Å². The Morgan fingerprint density at radius 3 is 2.38 bits per heavy atom. The van der Waals surface area contributed by atoms with Crippen LogP contribution in [0.5, 0.6) is 0 Å². The van der Waals surface area contributed by atoms with E-state index in [1.165, 1.54) is 4.68 Å². The third-order valence-electron chi connectivity index (χ3n) is 5.09. The zero-order valence-corrected chi connectivity index (χ0v) is 14.5. The first-order valence-corrected chi connectivity index (χ1v) is 8.50. The molecule has 1 N–H and O–H groups in total. The highest BCUT2D eigenvalue weighted by Gasteiger charge is 2.49. The number of rotatable bonds is 4. The van der Waals surface area contributed by atoms with Crippen molar-refractivity contribution in [3.8, 4) is 0 Å². The van der Waals surface area contributed by atoms with E-state index in [0.717, 1.165) is 26.3 Å². The molecule has 1 heterocycles. The Morgan fingerprint density at radius 1 is 1.31 bits per heavy atom. The maximum absolute atomic E-state index is 13.3. The van der Waals surface area contributed by atoms with Gasteiger partial charge in [0.25, 0.3) is 0 Å². The van der Waals surface area contributed by atoms with Crippen molar-refractivity contribution in [2.75, 3.05) is 18.9 Å². The van der Waals surface area contributed by atoms with Crippen molar-refractivity contribution in [1.29, 1.82) is 0 Å². The Kier molecular flexibility index (Phi) is 4.64. The van der Waals surface area contributed by atoms with E-state index in [-0.39, 0.29) is 24.7 Å². The van der Waals surface area contributed by atoms with Gasteiger partial charge >= 0.3 is 12.2 Å². The van der Waals surface area contributed by atoms with Gasteiger partial charge in [0.05, 0.1) is 5.69 Å². The molecule has 0 saturated heterocycles. The van der Waals surface area contributed by atoms with Crippen molar-refractivity contribution in [3.05, 3.63) is 11.3 Å². The van der Waals surface area contributed by atoms with Gasteiger partial charge in [-0.1, -0.05) is 6.42 Å². The standard InChI is InChI=1S/C16H21F5N4O/c1-24(8-16(19,20)21)14(26)22-13-11(9-4-3-5-9)12(23-25(13)2)10-6-15(17,18)7-10/h9-10H,3-8H2,1-2H3,(H,22,26). The summed E-state index contributed by atoms with van der Waals surface area (Å²) in [6.07, 6.45) is -2.39. The fourth-order valence-corrected chi connectivity index (χ4v) is 3.50. The molecule has 2 fully saturated rings.